The number of carbonyl (C=O) groups is 1. The number of phenols is 1. The molecule has 0 unspecified atom stereocenters. The molecule has 0 aliphatic rings. The molecular weight excluding hydrogens is 335 g/mol. The van der Waals surface area contributed by atoms with E-state index in [0.29, 0.717) is 27.8 Å². The molecule has 130 valence electrons. The third-order valence-corrected chi connectivity index (χ3v) is 3.83. The van der Waals surface area contributed by atoms with E-state index in [2.05, 4.69) is 15.5 Å². The van der Waals surface area contributed by atoms with Crippen molar-refractivity contribution in [2.75, 3.05) is 5.32 Å². The Hall–Kier alpha value is -3.03. The number of anilines is 1. The fourth-order valence-corrected chi connectivity index (χ4v) is 2.52. The van der Waals surface area contributed by atoms with Crippen molar-refractivity contribution in [1.82, 2.24) is 10.2 Å². The van der Waals surface area contributed by atoms with Gasteiger partial charge in [0.1, 0.15) is 5.75 Å². The molecule has 25 heavy (non-hydrogen) atoms. The first-order valence-electron chi connectivity index (χ1n) is 7.38. The summed E-state index contributed by atoms with van der Waals surface area (Å²) in [7, 11) is 0. The first-order valence-corrected chi connectivity index (χ1v) is 7.38. The Morgan fingerprint density at radius 1 is 1.24 bits per heavy atom. The Balaban J connectivity index is 1.76. The molecule has 0 saturated heterocycles. The molecule has 0 atom stereocenters. The van der Waals surface area contributed by atoms with Crippen LogP contribution in [0, 0.1) is 6.92 Å². The lowest BCUT2D eigenvalue weighted by Crippen LogP contribution is -2.16. The molecular formula is C17H14F3N3O2. The zero-order valence-electron chi connectivity index (χ0n) is 13.1. The number of rotatable bonds is 3. The number of nitrogens with one attached hydrogen (secondary N) is 2. The van der Waals surface area contributed by atoms with Gasteiger partial charge in [0.2, 0.25) is 5.91 Å². The molecule has 0 spiro atoms. The third kappa shape index (κ3) is 3.57. The number of halogens is 3. The van der Waals surface area contributed by atoms with Gasteiger partial charge >= 0.3 is 6.18 Å². The topological polar surface area (TPSA) is 78.0 Å². The van der Waals surface area contributed by atoms with Crippen LogP contribution in [0.3, 0.4) is 0 Å². The van der Waals surface area contributed by atoms with Crippen LogP contribution in [0.2, 0.25) is 0 Å². The lowest BCUT2D eigenvalue weighted by molar-refractivity contribution is -0.137. The molecule has 5 nitrogen and oxygen atoms in total. The molecule has 1 heterocycles. The van der Waals surface area contributed by atoms with Gasteiger partial charge in [0.15, 0.2) is 5.82 Å². The first-order chi connectivity index (χ1) is 11.7. The molecule has 2 aromatic carbocycles. The highest BCUT2D eigenvalue weighted by Crippen LogP contribution is 2.30. The van der Waals surface area contributed by atoms with Gasteiger partial charge in [-0.3, -0.25) is 9.89 Å². The average Bonchev–Trinajstić information content (AvgIpc) is 2.90. The molecule has 0 bridgehead atoms. The monoisotopic (exact) mass is 349 g/mol. The normalized spacial score (nSPS) is 11.7. The number of fused-ring (bicyclic) bond motifs is 1. The van der Waals surface area contributed by atoms with Gasteiger partial charge in [-0.05, 0) is 42.3 Å². The van der Waals surface area contributed by atoms with Gasteiger partial charge in [-0.25, -0.2) is 0 Å². The number of alkyl halides is 3. The SMILES string of the molecule is Cc1cc(C(F)(F)F)ccc1CC(=O)Nc1n[nH]c2cc(O)ccc12. The summed E-state index contributed by atoms with van der Waals surface area (Å²) in [6.45, 7) is 1.53. The molecule has 0 fully saturated rings. The fraction of sp³-hybridized carbons (Fsp3) is 0.176. The van der Waals surface area contributed by atoms with Crippen LogP contribution in [0.4, 0.5) is 19.0 Å². The Morgan fingerprint density at radius 2 is 2.00 bits per heavy atom. The predicted molar refractivity (Wildman–Crippen MR) is 86.3 cm³/mol. The van der Waals surface area contributed by atoms with E-state index in [0.717, 1.165) is 12.1 Å². The summed E-state index contributed by atoms with van der Waals surface area (Å²) in [5.41, 5.74) is 0.707. The van der Waals surface area contributed by atoms with Crippen molar-refractivity contribution in [3.63, 3.8) is 0 Å². The Bertz CT molecular complexity index is 948. The number of hydrogen-bond acceptors (Lipinski definition) is 3. The molecule has 3 rings (SSSR count). The largest absolute Gasteiger partial charge is 0.508 e. The van der Waals surface area contributed by atoms with Gasteiger partial charge in [-0.15, -0.1) is 0 Å². The number of aromatic nitrogens is 2. The van der Waals surface area contributed by atoms with Gasteiger partial charge in [0, 0.05) is 11.5 Å². The van der Waals surface area contributed by atoms with Gasteiger partial charge in [-0.2, -0.15) is 18.3 Å². The van der Waals surface area contributed by atoms with Crippen LogP contribution >= 0.6 is 0 Å². The second-order valence-corrected chi connectivity index (χ2v) is 5.67. The number of carbonyl (C=O) groups excluding carboxylic acids is 1. The zero-order valence-corrected chi connectivity index (χ0v) is 13.1. The Morgan fingerprint density at radius 3 is 2.68 bits per heavy atom. The molecule has 1 amide bonds. The maximum Gasteiger partial charge on any atom is 0.416 e. The van der Waals surface area contributed by atoms with Crippen LogP contribution in [0.25, 0.3) is 10.9 Å². The van der Waals surface area contributed by atoms with Gasteiger partial charge in [0.05, 0.1) is 17.5 Å². The number of H-pyrrole nitrogens is 1. The van der Waals surface area contributed by atoms with Crippen LogP contribution in [0.5, 0.6) is 5.75 Å². The quantitative estimate of drug-likeness (QED) is 0.673. The highest BCUT2D eigenvalue weighted by Gasteiger charge is 2.30. The Labute approximate surface area is 140 Å². The third-order valence-electron chi connectivity index (χ3n) is 3.83. The summed E-state index contributed by atoms with van der Waals surface area (Å²) in [6.07, 6.45) is -4.48. The number of hydrogen-bond donors (Lipinski definition) is 3. The highest BCUT2D eigenvalue weighted by molar-refractivity contribution is 6.00. The van der Waals surface area contributed by atoms with Crippen LogP contribution in [-0.2, 0) is 17.4 Å². The number of aryl methyl sites for hydroxylation is 1. The molecule has 3 N–H and O–H groups in total. The minimum atomic E-state index is -4.41. The molecule has 0 saturated carbocycles. The van der Waals surface area contributed by atoms with Crippen molar-refractivity contribution >= 4 is 22.6 Å². The lowest BCUT2D eigenvalue weighted by Gasteiger charge is -2.11. The van der Waals surface area contributed by atoms with E-state index in [9.17, 15) is 23.1 Å². The summed E-state index contributed by atoms with van der Waals surface area (Å²) in [6, 6.07) is 7.83. The van der Waals surface area contributed by atoms with Gasteiger partial charge < -0.3 is 10.4 Å². The number of phenolic OH excluding ortho intramolecular Hbond substituents is 1. The van der Waals surface area contributed by atoms with Crippen molar-refractivity contribution in [2.24, 2.45) is 0 Å². The molecule has 0 radical (unpaired) electrons. The van der Waals surface area contributed by atoms with Crippen LogP contribution in [-0.4, -0.2) is 21.2 Å². The average molecular weight is 349 g/mol. The van der Waals surface area contributed by atoms with Crippen molar-refractivity contribution < 1.29 is 23.1 Å². The van der Waals surface area contributed by atoms with Crippen molar-refractivity contribution in [3.05, 3.63) is 53.1 Å². The molecule has 0 aliphatic heterocycles. The highest BCUT2D eigenvalue weighted by atomic mass is 19.4. The first kappa shape index (κ1) is 16.8. The summed E-state index contributed by atoms with van der Waals surface area (Å²) in [5, 5.41) is 19.3. The zero-order chi connectivity index (χ0) is 18.2. The van der Waals surface area contributed by atoms with E-state index < -0.39 is 17.6 Å². The second kappa shape index (κ2) is 6.12. The maximum atomic E-state index is 12.7. The van der Waals surface area contributed by atoms with Crippen molar-refractivity contribution in [2.45, 2.75) is 19.5 Å². The Kier molecular flexibility index (Phi) is 4.12. The molecule has 1 aromatic heterocycles. The minimum Gasteiger partial charge on any atom is -0.508 e. The summed E-state index contributed by atoms with van der Waals surface area (Å²) in [4.78, 5) is 12.2. The summed E-state index contributed by atoms with van der Waals surface area (Å²) >= 11 is 0. The van der Waals surface area contributed by atoms with Crippen molar-refractivity contribution in [3.8, 4) is 5.75 Å². The van der Waals surface area contributed by atoms with E-state index in [4.69, 9.17) is 0 Å². The number of nitrogens with zero attached hydrogens (tertiary/aromatic N) is 1. The minimum absolute atomic E-state index is 0.0643. The van der Waals surface area contributed by atoms with E-state index >= 15 is 0 Å². The smallest absolute Gasteiger partial charge is 0.416 e. The van der Waals surface area contributed by atoms with Crippen molar-refractivity contribution in [1.29, 1.82) is 0 Å². The number of benzene rings is 2. The fourth-order valence-electron chi connectivity index (χ4n) is 2.52. The molecule has 0 aliphatic carbocycles. The number of aromatic amines is 1. The molecule has 8 heteroatoms. The predicted octanol–water partition coefficient (Wildman–Crippen LogP) is 3.78. The van der Waals surface area contributed by atoms with E-state index in [-0.39, 0.29) is 12.2 Å². The van der Waals surface area contributed by atoms with Crippen LogP contribution in [0.1, 0.15) is 16.7 Å². The number of aromatic hydroxyl groups is 1. The summed E-state index contributed by atoms with van der Waals surface area (Å²) < 4.78 is 38.0. The van der Waals surface area contributed by atoms with E-state index in [1.54, 1.807) is 6.07 Å². The standard InChI is InChI=1S/C17H14F3N3O2/c1-9-6-11(17(18,19)20)3-2-10(9)7-15(25)21-16-13-5-4-12(24)8-14(13)22-23-16/h2-6,8,24H,7H2,1H3,(H2,21,22,23,25). The second-order valence-electron chi connectivity index (χ2n) is 5.67. The van der Waals surface area contributed by atoms with Gasteiger partial charge in [0.25, 0.3) is 0 Å². The van der Waals surface area contributed by atoms with Crippen LogP contribution < -0.4 is 5.32 Å². The van der Waals surface area contributed by atoms with Crippen LogP contribution in [0.15, 0.2) is 36.4 Å². The number of amides is 1. The molecule has 3 aromatic rings. The van der Waals surface area contributed by atoms with E-state index in [1.165, 1.54) is 25.1 Å². The lowest BCUT2D eigenvalue weighted by atomic mass is 10.0. The van der Waals surface area contributed by atoms with Gasteiger partial charge in [-0.1, -0.05) is 6.07 Å². The van der Waals surface area contributed by atoms with E-state index in [1.807, 2.05) is 0 Å². The summed E-state index contributed by atoms with van der Waals surface area (Å²) in [5.74, 6) is -0.0386. The maximum absolute atomic E-state index is 12.7.